The lowest BCUT2D eigenvalue weighted by Crippen LogP contribution is -2.14. The van der Waals surface area contributed by atoms with E-state index >= 15 is 0 Å². The van der Waals surface area contributed by atoms with Crippen LogP contribution in [0.4, 0.5) is 5.69 Å². The molecule has 0 saturated carbocycles. The quantitative estimate of drug-likeness (QED) is 0.511. The van der Waals surface area contributed by atoms with Gasteiger partial charge in [-0.3, -0.25) is 4.79 Å². The first-order chi connectivity index (χ1) is 12.5. The van der Waals surface area contributed by atoms with Crippen LogP contribution in [-0.4, -0.2) is 5.91 Å². The predicted octanol–water partition coefficient (Wildman–Crippen LogP) is 6.50. The van der Waals surface area contributed by atoms with Crippen molar-refractivity contribution in [3.63, 3.8) is 0 Å². The van der Waals surface area contributed by atoms with Crippen LogP contribution in [-0.2, 0) is 5.75 Å². The van der Waals surface area contributed by atoms with Crippen LogP contribution in [0.2, 0.25) is 5.02 Å². The molecule has 1 amide bonds. The van der Waals surface area contributed by atoms with Crippen LogP contribution in [0, 0.1) is 13.8 Å². The summed E-state index contributed by atoms with van der Waals surface area (Å²) in [4.78, 5) is 13.7. The lowest BCUT2D eigenvalue weighted by atomic mass is 10.1. The fraction of sp³-hybridized carbons (Fsp3) is 0.136. The lowest BCUT2D eigenvalue weighted by molar-refractivity contribution is 0.102. The molecule has 0 aliphatic rings. The van der Waals surface area contributed by atoms with Crippen molar-refractivity contribution < 1.29 is 4.79 Å². The summed E-state index contributed by atoms with van der Waals surface area (Å²) < 4.78 is 0. The molecule has 132 valence electrons. The molecular formula is C22H20ClNOS. The lowest BCUT2D eigenvalue weighted by Gasteiger charge is -2.12. The molecule has 0 aliphatic carbocycles. The van der Waals surface area contributed by atoms with Gasteiger partial charge >= 0.3 is 0 Å². The van der Waals surface area contributed by atoms with Crippen LogP contribution in [0.25, 0.3) is 0 Å². The first-order valence-electron chi connectivity index (χ1n) is 8.38. The van der Waals surface area contributed by atoms with Gasteiger partial charge in [-0.25, -0.2) is 0 Å². The Bertz CT molecular complexity index is 922. The van der Waals surface area contributed by atoms with Crippen LogP contribution in [0.15, 0.2) is 71.6 Å². The molecule has 3 aromatic carbocycles. The number of benzene rings is 3. The highest BCUT2D eigenvalue weighted by Gasteiger charge is 2.12. The van der Waals surface area contributed by atoms with Crippen molar-refractivity contribution in [3.8, 4) is 0 Å². The van der Waals surface area contributed by atoms with Crippen LogP contribution < -0.4 is 5.32 Å². The highest BCUT2D eigenvalue weighted by Crippen LogP contribution is 2.30. The van der Waals surface area contributed by atoms with Crippen molar-refractivity contribution in [2.24, 2.45) is 0 Å². The van der Waals surface area contributed by atoms with Gasteiger partial charge in [0.05, 0.1) is 5.69 Å². The predicted molar refractivity (Wildman–Crippen MR) is 111 cm³/mol. The largest absolute Gasteiger partial charge is 0.321 e. The molecule has 3 rings (SSSR count). The van der Waals surface area contributed by atoms with Gasteiger partial charge in [-0.05, 0) is 55.3 Å². The van der Waals surface area contributed by atoms with Gasteiger partial charge in [-0.2, -0.15) is 0 Å². The first kappa shape index (κ1) is 18.6. The summed E-state index contributed by atoms with van der Waals surface area (Å²) in [5.41, 5.74) is 4.85. The van der Waals surface area contributed by atoms with Gasteiger partial charge in [0.15, 0.2) is 0 Å². The number of hydrogen-bond acceptors (Lipinski definition) is 2. The van der Waals surface area contributed by atoms with Crippen molar-refractivity contribution in [2.75, 3.05) is 5.32 Å². The second kappa shape index (κ2) is 8.43. The Kier molecular flexibility index (Phi) is 6.02. The smallest absolute Gasteiger partial charge is 0.255 e. The molecule has 0 aromatic heterocycles. The van der Waals surface area contributed by atoms with Crippen molar-refractivity contribution in [2.45, 2.75) is 24.5 Å². The summed E-state index contributed by atoms with van der Waals surface area (Å²) >= 11 is 7.63. The number of thioether (sulfide) groups is 1. The van der Waals surface area contributed by atoms with E-state index in [1.54, 1.807) is 11.8 Å². The summed E-state index contributed by atoms with van der Waals surface area (Å²) in [5.74, 6) is 0.732. The molecule has 0 fully saturated rings. The minimum absolute atomic E-state index is 0.0814. The highest BCUT2D eigenvalue weighted by atomic mass is 35.5. The minimum Gasteiger partial charge on any atom is -0.321 e. The second-order valence-corrected chi connectivity index (χ2v) is 7.64. The fourth-order valence-electron chi connectivity index (χ4n) is 2.70. The van der Waals surface area contributed by atoms with Crippen molar-refractivity contribution in [3.05, 3.63) is 94.0 Å². The van der Waals surface area contributed by atoms with Crippen LogP contribution >= 0.6 is 23.4 Å². The molecule has 3 aromatic rings. The maximum absolute atomic E-state index is 12.7. The summed E-state index contributed by atoms with van der Waals surface area (Å²) in [7, 11) is 0. The number of carbonyl (C=O) groups is 1. The first-order valence-corrected chi connectivity index (χ1v) is 9.74. The Morgan fingerprint density at radius 2 is 1.73 bits per heavy atom. The molecule has 1 N–H and O–H groups in total. The fourth-order valence-corrected chi connectivity index (χ4v) is 3.79. The van der Waals surface area contributed by atoms with E-state index in [2.05, 4.69) is 5.32 Å². The summed E-state index contributed by atoms with van der Waals surface area (Å²) in [6, 6.07) is 21.6. The maximum atomic E-state index is 12.7. The molecule has 0 spiro atoms. The highest BCUT2D eigenvalue weighted by molar-refractivity contribution is 7.98. The Labute approximate surface area is 163 Å². The monoisotopic (exact) mass is 381 g/mol. The number of nitrogens with one attached hydrogen (secondary N) is 1. The number of amides is 1. The van der Waals surface area contributed by atoms with E-state index in [4.69, 9.17) is 11.6 Å². The number of carbonyl (C=O) groups excluding carboxylic acids is 1. The van der Waals surface area contributed by atoms with E-state index in [1.165, 1.54) is 5.56 Å². The Balaban J connectivity index is 1.74. The number of aryl methyl sites for hydroxylation is 2. The molecular weight excluding hydrogens is 362 g/mol. The van der Waals surface area contributed by atoms with E-state index in [-0.39, 0.29) is 5.91 Å². The van der Waals surface area contributed by atoms with E-state index in [0.29, 0.717) is 5.56 Å². The average molecular weight is 382 g/mol. The molecule has 0 atom stereocenters. The third-order valence-electron chi connectivity index (χ3n) is 4.07. The van der Waals surface area contributed by atoms with Crippen molar-refractivity contribution in [1.29, 1.82) is 0 Å². The summed E-state index contributed by atoms with van der Waals surface area (Å²) in [6.07, 6.45) is 0. The van der Waals surface area contributed by atoms with Gasteiger partial charge in [-0.1, -0.05) is 53.6 Å². The van der Waals surface area contributed by atoms with Gasteiger partial charge in [0.25, 0.3) is 5.91 Å². The third-order valence-corrected chi connectivity index (χ3v) is 5.47. The van der Waals surface area contributed by atoms with Gasteiger partial charge in [0, 0.05) is 21.2 Å². The zero-order valence-corrected chi connectivity index (χ0v) is 16.3. The van der Waals surface area contributed by atoms with Crippen LogP contribution in [0.3, 0.4) is 0 Å². The SMILES string of the molecule is Cc1ccc(C(=O)Nc2ccccc2SCc2ccc(Cl)cc2)c(C)c1. The van der Waals surface area contributed by atoms with Gasteiger partial charge in [0.2, 0.25) is 0 Å². The molecule has 4 heteroatoms. The Morgan fingerprint density at radius 1 is 1.00 bits per heavy atom. The van der Waals surface area contributed by atoms with Gasteiger partial charge in [-0.15, -0.1) is 11.8 Å². The number of anilines is 1. The van der Waals surface area contributed by atoms with E-state index < -0.39 is 0 Å². The van der Waals surface area contributed by atoms with Crippen LogP contribution in [0.5, 0.6) is 0 Å². The molecule has 2 nitrogen and oxygen atoms in total. The van der Waals surface area contributed by atoms with E-state index in [9.17, 15) is 4.79 Å². The second-order valence-electron chi connectivity index (χ2n) is 6.18. The molecule has 0 aliphatic heterocycles. The molecule has 0 unspecified atom stereocenters. The number of para-hydroxylation sites is 1. The van der Waals surface area contributed by atoms with E-state index in [1.807, 2.05) is 80.6 Å². The maximum Gasteiger partial charge on any atom is 0.255 e. The van der Waals surface area contributed by atoms with Crippen LogP contribution in [0.1, 0.15) is 27.0 Å². The summed E-state index contributed by atoms with van der Waals surface area (Å²) in [6.45, 7) is 3.99. The molecule has 0 saturated heterocycles. The number of rotatable bonds is 5. The molecule has 0 radical (unpaired) electrons. The zero-order valence-electron chi connectivity index (χ0n) is 14.8. The number of hydrogen-bond donors (Lipinski definition) is 1. The Morgan fingerprint density at radius 3 is 2.46 bits per heavy atom. The molecule has 0 heterocycles. The van der Waals surface area contributed by atoms with Gasteiger partial charge < -0.3 is 5.32 Å². The summed E-state index contributed by atoms with van der Waals surface area (Å²) in [5, 5.41) is 3.79. The average Bonchev–Trinajstić information content (AvgIpc) is 2.62. The zero-order chi connectivity index (χ0) is 18.5. The topological polar surface area (TPSA) is 29.1 Å². The number of halogens is 1. The molecule has 0 bridgehead atoms. The Hall–Kier alpha value is -2.23. The third kappa shape index (κ3) is 4.69. The van der Waals surface area contributed by atoms with E-state index in [0.717, 1.165) is 32.5 Å². The van der Waals surface area contributed by atoms with Crippen molar-refractivity contribution >= 4 is 35.0 Å². The molecule has 26 heavy (non-hydrogen) atoms. The standard InChI is InChI=1S/C22H20ClNOS/c1-15-7-12-19(16(2)13-15)22(25)24-20-5-3-4-6-21(20)26-14-17-8-10-18(23)11-9-17/h3-13H,14H2,1-2H3,(H,24,25). The van der Waals surface area contributed by atoms with Gasteiger partial charge in [0.1, 0.15) is 0 Å². The van der Waals surface area contributed by atoms with Crippen molar-refractivity contribution in [1.82, 2.24) is 0 Å². The minimum atomic E-state index is -0.0814. The normalized spacial score (nSPS) is 10.6.